The lowest BCUT2D eigenvalue weighted by Gasteiger charge is -2.23. The molecule has 0 aromatic rings. The van der Waals surface area contributed by atoms with Gasteiger partial charge in [-0.15, -0.1) is 0 Å². The minimum atomic E-state index is -0.211. The van der Waals surface area contributed by atoms with Gasteiger partial charge in [0.05, 0.1) is 0 Å². The maximum Gasteiger partial charge on any atom is 0.233 e. The van der Waals surface area contributed by atoms with Gasteiger partial charge in [-0.3, -0.25) is 20.2 Å². The number of amides is 2. The highest BCUT2D eigenvalue weighted by Crippen LogP contribution is 2.28. The van der Waals surface area contributed by atoms with Crippen LogP contribution in [-0.2, 0) is 9.59 Å². The Kier molecular flexibility index (Phi) is 13.0. The summed E-state index contributed by atoms with van der Waals surface area (Å²) in [7, 11) is 0. The van der Waals surface area contributed by atoms with E-state index in [1.165, 1.54) is 0 Å². The van der Waals surface area contributed by atoms with E-state index in [2.05, 4.69) is 38.3 Å². The number of carbonyl (C=O) groups excluding carboxylic acids is 2. The molecule has 0 saturated carbocycles. The molecule has 8 heteroatoms. The normalized spacial score (nSPS) is 11.3. The zero-order chi connectivity index (χ0) is 20.8. The summed E-state index contributed by atoms with van der Waals surface area (Å²) in [5, 5.41) is 21.3. The van der Waals surface area contributed by atoms with Crippen LogP contribution in [0, 0.1) is 33.7 Å². The lowest BCUT2D eigenvalue weighted by atomic mass is 9.86. The van der Waals surface area contributed by atoms with Crippen LogP contribution in [0.4, 0.5) is 0 Å². The lowest BCUT2D eigenvalue weighted by molar-refractivity contribution is -0.122. The fourth-order valence-corrected chi connectivity index (χ4v) is 5.11. The Bertz CT molecular complexity index is 503. The molecule has 2 N–H and O–H groups in total. The van der Waals surface area contributed by atoms with Crippen molar-refractivity contribution in [3.63, 3.8) is 0 Å². The maximum atomic E-state index is 11.5. The zero-order valence-corrected chi connectivity index (χ0v) is 18.5. The van der Waals surface area contributed by atoms with Gasteiger partial charge in [-0.1, -0.05) is 27.7 Å². The summed E-state index contributed by atoms with van der Waals surface area (Å²) < 4.78 is 0. The van der Waals surface area contributed by atoms with E-state index in [0.29, 0.717) is 12.8 Å². The molecule has 0 saturated heterocycles. The van der Waals surface area contributed by atoms with Crippen LogP contribution < -0.4 is 10.6 Å². The van der Waals surface area contributed by atoms with Crippen LogP contribution in [0.25, 0.3) is 0 Å². The molecule has 2 amide bonds. The summed E-state index contributed by atoms with van der Waals surface area (Å²) in [6, 6.07) is 0. The van der Waals surface area contributed by atoms with Crippen LogP contribution in [-0.4, -0.2) is 34.8 Å². The van der Waals surface area contributed by atoms with Gasteiger partial charge in [0.1, 0.15) is 0 Å². The quantitative estimate of drug-likeness (QED) is 0.256. The molecule has 0 fully saturated rings. The predicted octanol–water partition coefficient (Wildman–Crippen LogP) is 3.65. The SMILES string of the molecule is CC(C)(CCSCCCSCCC(C)(C)CC(=O)NC#N)CC(=O)NC#N. The van der Waals surface area contributed by atoms with E-state index in [0.717, 1.165) is 42.3 Å². The number of nitrogens with one attached hydrogen (secondary N) is 2. The number of nitrogens with zero attached hydrogens (tertiary/aromatic N) is 2. The smallest absolute Gasteiger partial charge is 0.233 e. The van der Waals surface area contributed by atoms with Gasteiger partial charge in [0.2, 0.25) is 11.8 Å². The Balaban J connectivity index is 3.70. The van der Waals surface area contributed by atoms with E-state index in [-0.39, 0.29) is 22.6 Å². The Labute approximate surface area is 172 Å². The molecule has 0 bridgehead atoms. The van der Waals surface area contributed by atoms with Crippen molar-refractivity contribution in [1.82, 2.24) is 10.6 Å². The highest BCUT2D eigenvalue weighted by molar-refractivity contribution is 8.00. The van der Waals surface area contributed by atoms with Crippen molar-refractivity contribution in [2.45, 2.75) is 59.8 Å². The molecule has 0 aliphatic rings. The van der Waals surface area contributed by atoms with Crippen LogP contribution >= 0.6 is 23.5 Å². The van der Waals surface area contributed by atoms with E-state index < -0.39 is 0 Å². The third kappa shape index (κ3) is 15.4. The van der Waals surface area contributed by atoms with Crippen LogP contribution in [0.1, 0.15) is 59.8 Å². The van der Waals surface area contributed by atoms with Crippen molar-refractivity contribution in [2.75, 3.05) is 23.0 Å². The summed E-state index contributed by atoms with van der Waals surface area (Å²) in [5.41, 5.74) is -0.182. The first kappa shape index (κ1) is 25.6. The number of nitriles is 2. The third-order valence-electron chi connectivity index (χ3n) is 4.09. The molecule has 0 aliphatic heterocycles. The molecule has 152 valence electrons. The summed E-state index contributed by atoms with van der Waals surface area (Å²) in [4.78, 5) is 23.0. The van der Waals surface area contributed by atoms with Gasteiger partial charge >= 0.3 is 0 Å². The number of hydrogen-bond acceptors (Lipinski definition) is 6. The Morgan fingerprint density at radius 1 is 0.778 bits per heavy atom. The van der Waals surface area contributed by atoms with E-state index in [1.54, 1.807) is 12.4 Å². The topological polar surface area (TPSA) is 106 Å². The van der Waals surface area contributed by atoms with Gasteiger partial charge in [-0.25, -0.2) is 0 Å². The largest absolute Gasteiger partial charge is 0.274 e. The summed E-state index contributed by atoms with van der Waals surface area (Å²) >= 11 is 3.81. The van der Waals surface area contributed by atoms with E-state index in [9.17, 15) is 9.59 Å². The fourth-order valence-electron chi connectivity index (χ4n) is 2.42. The van der Waals surface area contributed by atoms with Gasteiger partial charge in [-0.2, -0.15) is 34.0 Å². The first-order chi connectivity index (χ1) is 12.6. The van der Waals surface area contributed by atoms with Crippen molar-refractivity contribution in [3.8, 4) is 12.4 Å². The van der Waals surface area contributed by atoms with Crippen LogP contribution in [0.3, 0.4) is 0 Å². The molecule has 0 spiro atoms. The zero-order valence-electron chi connectivity index (χ0n) is 16.9. The Morgan fingerprint density at radius 2 is 1.15 bits per heavy atom. The van der Waals surface area contributed by atoms with Crippen molar-refractivity contribution in [3.05, 3.63) is 0 Å². The lowest BCUT2D eigenvalue weighted by Crippen LogP contribution is -2.26. The van der Waals surface area contributed by atoms with Crippen molar-refractivity contribution in [2.24, 2.45) is 10.8 Å². The molecule has 0 atom stereocenters. The minimum absolute atomic E-state index is 0.0912. The Hall–Kier alpha value is -1.38. The van der Waals surface area contributed by atoms with Crippen molar-refractivity contribution >= 4 is 35.3 Å². The van der Waals surface area contributed by atoms with E-state index in [4.69, 9.17) is 10.5 Å². The second kappa shape index (κ2) is 13.7. The number of carbonyl (C=O) groups is 2. The van der Waals surface area contributed by atoms with Gasteiger partial charge in [0.15, 0.2) is 12.4 Å². The molecular formula is C19H32N4O2S2. The Morgan fingerprint density at radius 3 is 1.48 bits per heavy atom. The van der Waals surface area contributed by atoms with Crippen LogP contribution in [0.15, 0.2) is 0 Å². The molecule has 6 nitrogen and oxygen atoms in total. The van der Waals surface area contributed by atoms with Crippen LogP contribution in [0.2, 0.25) is 0 Å². The molecule has 0 aromatic carbocycles. The summed E-state index contributed by atoms with van der Waals surface area (Å²) in [6.07, 6.45) is 7.13. The van der Waals surface area contributed by atoms with Crippen molar-refractivity contribution < 1.29 is 9.59 Å². The van der Waals surface area contributed by atoms with Gasteiger partial charge < -0.3 is 0 Å². The molecule has 0 heterocycles. The average molecular weight is 413 g/mol. The first-order valence-electron chi connectivity index (χ1n) is 9.13. The maximum absolute atomic E-state index is 11.5. The van der Waals surface area contributed by atoms with Gasteiger partial charge in [-0.05, 0) is 53.1 Å². The third-order valence-corrected chi connectivity index (χ3v) is 6.23. The number of hydrogen-bond donors (Lipinski definition) is 2. The number of rotatable bonds is 14. The predicted molar refractivity (Wildman–Crippen MR) is 113 cm³/mol. The summed E-state index contributed by atoms with van der Waals surface area (Å²) in [6.45, 7) is 8.22. The molecular weight excluding hydrogens is 380 g/mol. The van der Waals surface area contributed by atoms with Crippen molar-refractivity contribution in [1.29, 1.82) is 10.5 Å². The molecule has 0 radical (unpaired) electrons. The van der Waals surface area contributed by atoms with Gasteiger partial charge in [0.25, 0.3) is 0 Å². The highest BCUT2D eigenvalue weighted by atomic mass is 32.2. The van der Waals surface area contributed by atoms with E-state index >= 15 is 0 Å². The highest BCUT2D eigenvalue weighted by Gasteiger charge is 2.22. The summed E-state index contributed by atoms with van der Waals surface area (Å²) in [5.74, 6) is 3.80. The molecule has 0 unspecified atom stereocenters. The average Bonchev–Trinajstić information content (AvgIpc) is 2.52. The molecule has 0 aromatic heterocycles. The van der Waals surface area contributed by atoms with Crippen LogP contribution in [0.5, 0.6) is 0 Å². The monoisotopic (exact) mass is 412 g/mol. The fraction of sp³-hybridized carbons (Fsp3) is 0.789. The second-order valence-corrected chi connectivity index (χ2v) is 10.5. The molecule has 0 aliphatic carbocycles. The molecule has 0 rings (SSSR count). The second-order valence-electron chi connectivity index (χ2n) is 8.08. The van der Waals surface area contributed by atoms with Gasteiger partial charge in [0, 0.05) is 12.8 Å². The molecule has 27 heavy (non-hydrogen) atoms. The first-order valence-corrected chi connectivity index (χ1v) is 11.4. The minimum Gasteiger partial charge on any atom is -0.274 e. The van der Waals surface area contributed by atoms with E-state index in [1.807, 2.05) is 23.5 Å². The standard InChI is InChI=1S/C19H32N4O2S2/c1-18(2,12-16(24)22-14-20)6-10-26-8-5-9-27-11-7-19(3,4)13-17(25)23-15-21/h5-13H2,1-4H3,(H,22,24)(H,23,25). The number of thioether (sulfide) groups is 2.